The van der Waals surface area contributed by atoms with Gasteiger partial charge in [0, 0.05) is 19.6 Å². The first kappa shape index (κ1) is 14.6. The van der Waals surface area contributed by atoms with E-state index in [1.807, 2.05) is 12.1 Å². The van der Waals surface area contributed by atoms with Crippen molar-refractivity contribution in [2.24, 2.45) is 11.8 Å². The summed E-state index contributed by atoms with van der Waals surface area (Å²) in [5, 5.41) is 8.74. The minimum absolute atomic E-state index is 0.237. The van der Waals surface area contributed by atoms with Crippen molar-refractivity contribution in [1.29, 1.82) is 0 Å². The topological polar surface area (TPSA) is 23.5 Å². The molecule has 1 N–H and O–H groups in total. The van der Waals surface area contributed by atoms with Gasteiger partial charge in [-0.2, -0.15) is 0 Å². The molecule has 0 aliphatic heterocycles. The second kappa shape index (κ2) is 6.60. The van der Waals surface area contributed by atoms with Gasteiger partial charge in [0.2, 0.25) is 0 Å². The van der Waals surface area contributed by atoms with Gasteiger partial charge in [0.05, 0.1) is 5.56 Å². The highest BCUT2D eigenvalue weighted by atomic mass is 19.1. The van der Waals surface area contributed by atoms with E-state index in [0.717, 1.165) is 23.9 Å². The van der Waals surface area contributed by atoms with Gasteiger partial charge in [-0.1, -0.05) is 17.9 Å². The predicted octanol–water partition coefficient (Wildman–Crippen LogP) is 2.79. The van der Waals surface area contributed by atoms with Crippen molar-refractivity contribution in [3.8, 4) is 11.8 Å². The number of benzene rings is 1. The summed E-state index contributed by atoms with van der Waals surface area (Å²) in [5.74, 6) is 6.65. The molecule has 0 spiro atoms. The number of halogens is 1. The van der Waals surface area contributed by atoms with Gasteiger partial charge in [-0.15, -0.1) is 0 Å². The molecule has 0 aromatic heterocycles. The Morgan fingerprint density at radius 3 is 2.38 bits per heavy atom. The molecule has 0 radical (unpaired) electrons. The number of aliphatic hydroxyl groups excluding tert-OH is 1. The maximum Gasteiger partial charge on any atom is 0.138 e. The molecule has 3 heteroatoms. The lowest BCUT2D eigenvalue weighted by Gasteiger charge is -2.22. The molecule has 0 amide bonds. The van der Waals surface area contributed by atoms with Crippen LogP contribution in [-0.4, -0.2) is 29.7 Å². The zero-order chi connectivity index (χ0) is 14.7. The molecule has 2 saturated carbocycles. The molecule has 2 fully saturated rings. The Balaban J connectivity index is 1.68. The lowest BCUT2D eigenvalue weighted by Crippen LogP contribution is -2.27. The number of hydrogen-bond acceptors (Lipinski definition) is 2. The van der Waals surface area contributed by atoms with Gasteiger partial charge in [0.25, 0.3) is 0 Å². The van der Waals surface area contributed by atoms with E-state index in [-0.39, 0.29) is 12.4 Å². The Morgan fingerprint density at radius 1 is 1.14 bits per heavy atom. The van der Waals surface area contributed by atoms with E-state index in [1.54, 1.807) is 0 Å². The minimum Gasteiger partial charge on any atom is -0.384 e. The predicted molar refractivity (Wildman–Crippen MR) is 81.1 cm³/mol. The summed E-state index contributed by atoms with van der Waals surface area (Å²) in [6.07, 6.45) is 5.44. The Labute approximate surface area is 126 Å². The molecule has 0 unspecified atom stereocenters. The van der Waals surface area contributed by atoms with Crippen LogP contribution in [0.5, 0.6) is 0 Å². The van der Waals surface area contributed by atoms with Crippen molar-refractivity contribution in [2.75, 3.05) is 19.7 Å². The third-order valence-corrected chi connectivity index (χ3v) is 4.17. The van der Waals surface area contributed by atoms with Crippen LogP contribution in [0, 0.1) is 29.5 Å². The highest BCUT2D eigenvalue weighted by Gasteiger charge is 2.29. The molecule has 0 heterocycles. The molecular formula is C18H22FNO. The Morgan fingerprint density at radius 2 is 1.81 bits per heavy atom. The van der Waals surface area contributed by atoms with Crippen LogP contribution in [0.3, 0.4) is 0 Å². The van der Waals surface area contributed by atoms with Crippen LogP contribution < -0.4 is 0 Å². The van der Waals surface area contributed by atoms with Gasteiger partial charge in [0.1, 0.15) is 12.4 Å². The van der Waals surface area contributed by atoms with E-state index < -0.39 is 0 Å². The molecule has 112 valence electrons. The molecule has 21 heavy (non-hydrogen) atoms. The molecule has 0 atom stereocenters. The van der Waals surface area contributed by atoms with Crippen LogP contribution in [0.2, 0.25) is 0 Å². The number of rotatable bonds is 6. The van der Waals surface area contributed by atoms with E-state index >= 15 is 0 Å². The third kappa shape index (κ3) is 4.56. The molecular weight excluding hydrogens is 265 g/mol. The van der Waals surface area contributed by atoms with Gasteiger partial charge in [-0.3, -0.25) is 4.90 Å². The van der Waals surface area contributed by atoms with Crippen LogP contribution >= 0.6 is 0 Å². The summed E-state index contributed by atoms with van der Waals surface area (Å²) in [6.45, 7) is 2.98. The highest BCUT2D eigenvalue weighted by molar-refractivity contribution is 5.38. The first-order chi connectivity index (χ1) is 10.2. The molecule has 1 aromatic rings. The Bertz CT molecular complexity index is 538. The fourth-order valence-corrected chi connectivity index (χ4v) is 2.69. The fraction of sp³-hybridized carbons (Fsp3) is 0.556. The molecule has 1 aromatic carbocycles. The van der Waals surface area contributed by atoms with Crippen LogP contribution in [0.1, 0.15) is 36.8 Å². The van der Waals surface area contributed by atoms with Crippen LogP contribution in [-0.2, 0) is 6.54 Å². The first-order valence-corrected chi connectivity index (χ1v) is 7.85. The Hall–Kier alpha value is -1.37. The molecule has 0 bridgehead atoms. The summed E-state index contributed by atoms with van der Waals surface area (Å²) in [6, 6.07) is 5.17. The van der Waals surface area contributed by atoms with Crippen molar-refractivity contribution in [3.05, 3.63) is 35.1 Å². The molecule has 2 aliphatic carbocycles. The van der Waals surface area contributed by atoms with Crippen LogP contribution in [0.15, 0.2) is 18.2 Å². The zero-order valence-corrected chi connectivity index (χ0v) is 12.3. The van der Waals surface area contributed by atoms with Gasteiger partial charge in [-0.25, -0.2) is 4.39 Å². The third-order valence-electron chi connectivity index (χ3n) is 4.17. The monoisotopic (exact) mass is 287 g/mol. The number of nitrogens with zero attached hydrogens (tertiary/aromatic N) is 1. The standard InChI is InChI=1S/C18H22FNO/c19-18-8-7-16(10-17(18)2-1-9-21)13-20(11-14-3-4-14)12-15-5-6-15/h7-8,10,14-15,21H,3-6,9,11-13H2. The van der Waals surface area contributed by atoms with Gasteiger partial charge < -0.3 is 5.11 Å². The van der Waals surface area contributed by atoms with Gasteiger partial charge in [-0.05, 0) is 55.2 Å². The van der Waals surface area contributed by atoms with E-state index in [4.69, 9.17) is 5.11 Å². The van der Waals surface area contributed by atoms with Crippen molar-refractivity contribution in [1.82, 2.24) is 4.90 Å². The second-order valence-electron chi connectivity index (χ2n) is 6.35. The molecule has 2 aliphatic rings. The first-order valence-electron chi connectivity index (χ1n) is 7.85. The SMILES string of the molecule is OCC#Cc1cc(CN(CC2CC2)CC2CC2)ccc1F. The zero-order valence-electron chi connectivity index (χ0n) is 12.3. The number of hydrogen-bond donors (Lipinski definition) is 1. The lowest BCUT2D eigenvalue weighted by atomic mass is 10.1. The summed E-state index contributed by atoms with van der Waals surface area (Å²) >= 11 is 0. The molecule has 0 saturated heterocycles. The van der Waals surface area contributed by atoms with Crippen molar-refractivity contribution < 1.29 is 9.50 Å². The fourth-order valence-electron chi connectivity index (χ4n) is 2.69. The molecule has 3 rings (SSSR count). The van der Waals surface area contributed by atoms with E-state index in [2.05, 4.69) is 16.7 Å². The van der Waals surface area contributed by atoms with E-state index in [1.165, 1.54) is 44.8 Å². The largest absolute Gasteiger partial charge is 0.384 e. The van der Waals surface area contributed by atoms with Crippen LogP contribution in [0.4, 0.5) is 4.39 Å². The lowest BCUT2D eigenvalue weighted by molar-refractivity contribution is 0.244. The van der Waals surface area contributed by atoms with E-state index in [9.17, 15) is 4.39 Å². The van der Waals surface area contributed by atoms with Crippen molar-refractivity contribution in [3.63, 3.8) is 0 Å². The summed E-state index contributed by atoms with van der Waals surface area (Å²) in [4.78, 5) is 2.52. The average Bonchev–Trinajstić information content (AvgIpc) is 3.36. The normalized spacial score (nSPS) is 17.7. The summed E-state index contributed by atoms with van der Waals surface area (Å²) in [5.41, 5.74) is 1.50. The smallest absolute Gasteiger partial charge is 0.138 e. The summed E-state index contributed by atoms with van der Waals surface area (Å²) in [7, 11) is 0. The maximum atomic E-state index is 13.7. The second-order valence-corrected chi connectivity index (χ2v) is 6.35. The number of aliphatic hydroxyl groups is 1. The van der Waals surface area contributed by atoms with Crippen LogP contribution in [0.25, 0.3) is 0 Å². The Kier molecular flexibility index (Phi) is 4.57. The van der Waals surface area contributed by atoms with Gasteiger partial charge >= 0.3 is 0 Å². The van der Waals surface area contributed by atoms with Crippen molar-refractivity contribution in [2.45, 2.75) is 32.2 Å². The maximum absolute atomic E-state index is 13.7. The summed E-state index contributed by atoms with van der Waals surface area (Å²) < 4.78 is 13.7. The molecule has 2 nitrogen and oxygen atoms in total. The van der Waals surface area contributed by atoms with Crippen molar-refractivity contribution >= 4 is 0 Å². The highest BCUT2D eigenvalue weighted by Crippen LogP contribution is 2.34. The van der Waals surface area contributed by atoms with E-state index in [0.29, 0.717) is 5.56 Å². The van der Waals surface area contributed by atoms with Gasteiger partial charge in [0.15, 0.2) is 0 Å². The minimum atomic E-state index is -0.310. The quantitative estimate of drug-likeness (QED) is 0.813. The average molecular weight is 287 g/mol.